The number of hydrogen-bond donors (Lipinski definition) is 2. The molecule has 1 rings (SSSR count). The van der Waals surface area contributed by atoms with Crippen LogP contribution < -0.4 is 11.1 Å². The van der Waals surface area contributed by atoms with Crippen molar-refractivity contribution in [1.82, 2.24) is 10.3 Å². The number of thiazole rings is 1. The summed E-state index contributed by atoms with van der Waals surface area (Å²) in [6.45, 7) is 2.79. The van der Waals surface area contributed by atoms with Crippen molar-refractivity contribution in [2.45, 2.75) is 6.92 Å². The van der Waals surface area contributed by atoms with E-state index in [0.29, 0.717) is 18.0 Å². The number of carbonyl (C=O) groups is 1. The van der Waals surface area contributed by atoms with Gasteiger partial charge in [0, 0.05) is 13.1 Å². The van der Waals surface area contributed by atoms with E-state index >= 15 is 0 Å². The molecular weight excluding hydrogens is 174 g/mol. The Hall–Kier alpha value is -0.940. The minimum atomic E-state index is -0.0829. The number of carbonyl (C=O) groups excluding carboxylic acids is 1. The van der Waals surface area contributed by atoms with E-state index in [2.05, 4.69) is 10.3 Å². The van der Waals surface area contributed by atoms with Crippen molar-refractivity contribution in [2.75, 3.05) is 13.1 Å². The van der Waals surface area contributed by atoms with Crippen LogP contribution in [0.2, 0.25) is 0 Å². The number of amides is 1. The molecule has 0 saturated carbocycles. The quantitative estimate of drug-likeness (QED) is 0.704. The first-order chi connectivity index (χ1) is 5.75. The third-order valence-electron chi connectivity index (χ3n) is 1.38. The van der Waals surface area contributed by atoms with Crippen molar-refractivity contribution in [2.24, 2.45) is 5.73 Å². The van der Waals surface area contributed by atoms with Gasteiger partial charge in [-0.1, -0.05) is 0 Å². The normalized spacial score (nSPS) is 9.83. The van der Waals surface area contributed by atoms with Gasteiger partial charge in [-0.25, -0.2) is 4.98 Å². The molecule has 0 radical (unpaired) electrons. The standard InChI is InChI=1S/C7H11N3OS/c1-5-6(12-4-10-5)7(11)9-3-2-8/h4H,2-3,8H2,1H3,(H,9,11). The van der Waals surface area contributed by atoms with Crippen LogP contribution in [0.4, 0.5) is 0 Å². The van der Waals surface area contributed by atoms with Crippen LogP contribution in [-0.4, -0.2) is 24.0 Å². The predicted molar refractivity (Wildman–Crippen MR) is 48.2 cm³/mol. The maximum atomic E-state index is 11.3. The maximum Gasteiger partial charge on any atom is 0.263 e. The highest BCUT2D eigenvalue weighted by molar-refractivity contribution is 7.11. The molecule has 0 aliphatic carbocycles. The number of nitrogens with two attached hydrogens (primary N) is 1. The van der Waals surface area contributed by atoms with E-state index in [-0.39, 0.29) is 5.91 Å². The van der Waals surface area contributed by atoms with Crippen molar-refractivity contribution >= 4 is 17.2 Å². The summed E-state index contributed by atoms with van der Waals surface area (Å²) in [5, 5.41) is 2.68. The van der Waals surface area contributed by atoms with Crippen LogP contribution in [0.5, 0.6) is 0 Å². The molecule has 1 amide bonds. The lowest BCUT2D eigenvalue weighted by Gasteiger charge is -2.00. The fourth-order valence-corrected chi connectivity index (χ4v) is 1.50. The summed E-state index contributed by atoms with van der Waals surface area (Å²) < 4.78 is 0. The number of aromatic nitrogens is 1. The van der Waals surface area contributed by atoms with Crippen molar-refractivity contribution in [3.8, 4) is 0 Å². The molecule has 1 heterocycles. The van der Waals surface area contributed by atoms with Gasteiger partial charge in [0.05, 0.1) is 11.2 Å². The third kappa shape index (κ3) is 2.02. The van der Waals surface area contributed by atoms with Gasteiger partial charge in [0.25, 0.3) is 5.91 Å². The summed E-state index contributed by atoms with van der Waals surface area (Å²) in [5.41, 5.74) is 7.67. The maximum absolute atomic E-state index is 11.3. The summed E-state index contributed by atoms with van der Waals surface area (Å²) >= 11 is 1.34. The fourth-order valence-electron chi connectivity index (χ4n) is 0.786. The average molecular weight is 185 g/mol. The van der Waals surface area contributed by atoms with Gasteiger partial charge in [0.2, 0.25) is 0 Å². The van der Waals surface area contributed by atoms with Gasteiger partial charge in [-0.2, -0.15) is 0 Å². The summed E-state index contributed by atoms with van der Waals surface area (Å²) in [6.07, 6.45) is 0. The summed E-state index contributed by atoms with van der Waals surface area (Å²) in [5.74, 6) is -0.0829. The summed E-state index contributed by atoms with van der Waals surface area (Å²) in [4.78, 5) is 15.9. The van der Waals surface area contributed by atoms with Crippen LogP contribution in [0.1, 0.15) is 15.4 Å². The van der Waals surface area contributed by atoms with Gasteiger partial charge in [-0.05, 0) is 6.92 Å². The minimum absolute atomic E-state index is 0.0829. The molecule has 0 fully saturated rings. The molecule has 0 bridgehead atoms. The van der Waals surface area contributed by atoms with E-state index in [9.17, 15) is 4.79 Å². The highest BCUT2D eigenvalue weighted by Crippen LogP contribution is 2.10. The monoisotopic (exact) mass is 185 g/mol. The molecule has 1 aromatic rings. The SMILES string of the molecule is Cc1ncsc1C(=O)NCCN. The molecule has 5 heteroatoms. The van der Waals surface area contributed by atoms with Crippen LogP contribution in [-0.2, 0) is 0 Å². The Morgan fingerprint density at radius 3 is 3.08 bits per heavy atom. The molecule has 0 unspecified atom stereocenters. The highest BCUT2D eigenvalue weighted by atomic mass is 32.1. The van der Waals surface area contributed by atoms with Crippen LogP contribution in [0.25, 0.3) is 0 Å². The fraction of sp³-hybridized carbons (Fsp3) is 0.429. The Kier molecular flexibility index (Phi) is 3.19. The van der Waals surface area contributed by atoms with Crippen LogP contribution >= 0.6 is 11.3 Å². The lowest BCUT2D eigenvalue weighted by molar-refractivity contribution is 0.0958. The molecule has 0 aromatic carbocycles. The van der Waals surface area contributed by atoms with Gasteiger partial charge in [0.1, 0.15) is 4.88 Å². The summed E-state index contributed by atoms with van der Waals surface area (Å²) in [7, 11) is 0. The first-order valence-electron chi connectivity index (χ1n) is 3.64. The van der Waals surface area contributed by atoms with Gasteiger partial charge >= 0.3 is 0 Å². The highest BCUT2D eigenvalue weighted by Gasteiger charge is 2.09. The van der Waals surface area contributed by atoms with Crippen LogP contribution in [0.15, 0.2) is 5.51 Å². The molecule has 1 aromatic heterocycles. The van der Waals surface area contributed by atoms with E-state index < -0.39 is 0 Å². The third-order valence-corrected chi connectivity index (χ3v) is 2.31. The zero-order valence-electron chi connectivity index (χ0n) is 6.83. The topological polar surface area (TPSA) is 68.0 Å². The number of rotatable bonds is 3. The van der Waals surface area contributed by atoms with E-state index in [1.165, 1.54) is 11.3 Å². The summed E-state index contributed by atoms with van der Waals surface area (Å²) in [6, 6.07) is 0. The molecule has 66 valence electrons. The Bertz CT molecular complexity index is 271. The molecular formula is C7H11N3OS. The molecule has 0 atom stereocenters. The molecule has 4 nitrogen and oxygen atoms in total. The van der Waals surface area contributed by atoms with Crippen molar-refractivity contribution in [3.05, 3.63) is 16.1 Å². The second-order valence-corrected chi connectivity index (χ2v) is 3.17. The van der Waals surface area contributed by atoms with Gasteiger partial charge in [-0.15, -0.1) is 11.3 Å². The van der Waals surface area contributed by atoms with Crippen LogP contribution in [0.3, 0.4) is 0 Å². The smallest absolute Gasteiger partial charge is 0.263 e. The van der Waals surface area contributed by atoms with Gasteiger partial charge < -0.3 is 11.1 Å². The molecule has 0 saturated heterocycles. The zero-order chi connectivity index (χ0) is 8.97. The first kappa shape index (κ1) is 9.15. The first-order valence-corrected chi connectivity index (χ1v) is 4.52. The number of hydrogen-bond acceptors (Lipinski definition) is 4. The van der Waals surface area contributed by atoms with Gasteiger partial charge in [-0.3, -0.25) is 4.79 Å². The second-order valence-electron chi connectivity index (χ2n) is 2.31. The van der Waals surface area contributed by atoms with E-state index in [4.69, 9.17) is 5.73 Å². The zero-order valence-corrected chi connectivity index (χ0v) is 7.65. The lowest BCUT2D eigenvalue weighted by Crippen LogP contribution is -2.28. The molecule has 0 spiro atoms. The van der Waals surface area contributed by atoms with E-state index in [0.717, 1.165) is 5.69 Å². The van der Waals surface area contributed by atoms with Gasteiger partial charge in [0.15, 0.2) is 0 Å². The molecule has 0 aliphatic rings. The van der Waals surface area contributed by atoms with Crippen molar-refractivity contribution < 1.29 is 4.79 Å². The second kappa shape index (κ2) is 4.18. The predicted octanol–water partition coefficient (Wildman–Crippen LogP) is 0.140. The number of nitrogens with zero attached hydrogens (tertiary/aromatic N) is 1. The van der Waals surface area contributed by atoms with Crippen molar-refractivity contribution in [3.63, 3.8) is 0 Å². The van der Waals surface area contributed by atoms with E-state index in [1.807, 2.05) is 6.92 Å². The molecule has 0 aliphatic heterocycles. The van der Waals surface area contributed by atoms with E-state index in [1.54, 1.807) is 5.51 Å². The largest absolute Gasteiger partial charge is 0.350 e. The Morgan fingerprint density at radius 1 is 1.83 bits per heavy atom. The Balaban J connectivity index is 2.59. The Labute approximate surface area is 74.8 Å². The number of aryl methyl sites for hydroxylation is 1. The molecule has 12 heavy (non-hydrogen) atoms. The van der Waals surface area contributed by atoms with Crippen molar-refractivity contribution in [1.29, 1.82) is 0 Å². The van der Waals surface area contributed by atoms with Crippen LogP contribution in [0, 0.1) is 6.92 Å². The molecule has 3 N–H and O–H groups in total. The average Bonchev–Trinajstić information content (AvgIpc) is 2.47. The Morgan fingerprint density at radius 2 is 2.58 bits per heavy atom. The lowest BCUT2D eigenvalue weighted by atomic mass is 10.4. The number of nitrogens with one attached hydrogen (secondary N) is 1. The minimum Gasteiger partial charge on any atom is -0.350 e.